The lowest BCUT2D eigenvalue weighted by atomic mass is 10.1. The summed E-state index contributed by atoms with van der Waals surface area (Å²) >= 11 is 0. The molecule has 6 nitrogen and oxygen atoms in total. The molecule has 0 bridgehead atoms. The number of anilines is 1. The predicted octanol–water partition coefficient (Wildman–Crippen LogP) is 0.638. The zero-order valence-corrected chi connectivity index (χ0v) is 10.6. The first-order chi connectivity index (χ1) is 8.55. The van der Waals surface area contributed by atoms with E-state index < -0.39 is 9.84 Å². The zero-order chi connectivity index (χ0) is 13.0. The van der Waals surface area contributed by atoms with Crippen molar-refractivity contribution >= 4 is 21.6 Å². The lowest BCUT2D eigenvalue weighted by Crippen LogP contribution is -2.33. The van der Waals surface area contributed by atoms with E-state index in [1.807, 2.05) is 0 Å². The highest BCUT2D eigenvalue weighted by Gasteiger charge is 2.27. The molecule has 0 spiro atoms. The number of carbonyl (C=O) groups excluding carboxylic acids is 1. The van der Waals surface area contributed by atoms with E-state index in [-0.39, 0.29) is 23.5 Å². The quantitative estimate of drug-likeness (QED) is 0.842. The lowest BCUT2D eigenvalue weighted by Gasteiger charge is -2.10. The highest BCUT2D eigenvalue weighted by atomic mass is 32.2. The zero-order valence-electron chi connectivity index (χ0n) is 9.80. The number of nitrogens with one attached hydrogen (secondary N) is 2. The molecule has 2 rings (SSSR count). The summed E-state index contributed by atoms with van der Waals surface area (Å²) in [6.07, 6.45) is 3.79. The minimum absolute atomic E-state index is 0.0261. The van der Waals surface area contributed by atoms with Crippen LogP contribution in [0.25, 0.3) is 0 Å². The number of aromatic nitrogens is 1. The summed E-state index contributed by atoms with van der Waals surface area (Å²) in [5.74, 6) is 0.423. The Balaban J connectivity index is 1.76. The van der Waals surface area contributed by atoms with Crippen molar-refractivity contribution in [2.45, 2.75) is 6.42 Å². The third-order valence-corrected chi connectivity index (χ3v) is 4.65. The summed E-state index contributed by atoms with van der Waals surface area (Å²) < 4.78 is 22.5. The molecule has 2 N–H and O–H groups in total. The molecule has 7 heteroatoms. The van der Waals surface area contributed by atoms with Gasteiger partial charge in [0, 0.05) is 24.6 Å². The number of amides is 2. The van der Waals surface area contributed by atoms with Gasteiger partial charge in [-0.05, 0) is 24.5 Å². The SMILES string of the molecule is O=C(NCC1CCS(=O)(=O)C1)Nc1ccncc1. The lowest BCUT2D eigenvalue weighted by molar-refractivity contribution is 0.250. The number of pyridine rings is 1. The van der Waals surface area contributed by atoms with Gasteiger partial charge in [0.1, 0.15) is 0 Å². The molecule has 1 saturated heterocycles. The van der Waals surface area contributed by atoms with Crippen LogP contribution < -0.4 is 10.6 Å². The van der Waals surface area contributed by atoms with Gasteiger partial charge < -0.3 is 10.6 Å². The summed E-state index contributed by atoms with van der Waals surface area (Å²) in [4.78, 5) is 15.4. The van der Waals surface area contributed by atoms with Gasteiger partial charge in [0.2, 0.25) is 0 Å². The molecule has 0 aliphatic carbocycles. The van der Waals surface area contributed by atoms with Crippen molar-refractivity contribution in [3.63, 3.8) is 0 Å². The van der Waals surface area contributed by atoms with E-state index in [1.54, 1.807) is 24.5 Å². The second kappa shape index (κ2) is 5.34. The topological polar surface area (TPSA) is 88.2 Å². The Bertz CT molecular complexity index is 516. The summed E-state index contributed by atoms with van der Waals surface area (Å²) in [5, 5.41) is 5.32. The minimum atomic E-state index is -2.88. The van der Waals surface area contributed by atoms with Gasteiger partial charge in [-0.3, -0.25) is 4.98 Å². The van der Waals surface area contributed by atoms with Crippen molar-refractivity contribution in [2.24, 2.45) is 5.92 Å². The van der Waals surface area contributed by atoms with Crippen molar-refractivity contribution in [2.75, 3.05) is 23.4 Å². The van der Waals surface area contributed by atoms with Gasteiger partial charge in [-0.15, -0.1) is 0 Å². The average Bonchev–Trinajstić information content (AvgIpc) is 2.68. The second-order valence-electron chi connectivity index (χ2n) is 4.34. The molecule has 1 aliphatic rings. The molecule has 1 aliphatic heterocycles. The van der Waals surface area contributed by atoms with Crippen LogP contribution in [0.1, 0.15) is 6.42 Å². The molecule has 1 aromatic rings. The molecule has 0 aromatic carbocycles. The van der Waals surface area contributed by atoms with Crippen LogP contribution in [0, 0.1) is 5.92 Å². The average molecular weight is 269 g/mol. The Morgan fingerprint density at radius 3 is 2.72 bits per heavy atom. The van der Waals surface area contributed by atoms with Gasteiger partial charge in [-0.25, -0.2) is 13.2 Å². The standard InChI is InChI=1S/C11H15N3O3S/c15-11(14-10-1-4-12-5-2-10)13-7-9-3-6-18(16,17)8-9/h1-2,4-5,9H,3,6-8H2,(H2,12,13,14,15). The molecule has 2 amide bonds. The van der Waals surface area contributed by atoms with E-state index >= 15 is 0 Å². The number of rotatable bonds is 3. The van der Waals surface area contributed by atoms with Crippen molar-refractivity contribution < 1.29 is 13.2 Å². The van der Waals surface area contributed by atoms with Gasteiger partial charge in [-0.1, -0.05) is 0 Å². The van der Waals surface area contributed by atoms with Crippen LogP contribution in [0.2, 0.25) is 0 Å². The van der Waals surface area contributed by atoms with Gasteiger partial charge in [0.15, 0.2) is 9.84 Å². The van der Waals surface area contributed by atoms with Gasteiger partial charge >= 0.3 is 6.03 Å². The molecule has 1 fully saturated rings. The number of sulfone groups is 1. The third kappa shape index (κ3) is 3.69. The second-order valence-corrected chi connectivity index (χ2v) is 6.57. The molecule has 0 radical (unpaired) electrons. The highest BCUT2D eigenvalue weighted by molar-refractivity contribution is 7.91. The van der Waals surface area contributed by atoms with E-state index in [2.05, 4.69) is 15.6 Å². The summed E-state index contributed by atoms with van der Waals surface area (Å²) in [7, 11) is -2.88. The number of carbonyl (C=O) groups is 1. The Labute approximate surface area is 106 Å². The Morgan fingerprint density at radius 1 is 1.39 bits per heavy atom. The summed E-state index contributed by atoms with van der Waals surface area (Å²) in [6, 6.07) is 3.03. The fourth-order valence-corrected chi connectivity index (χ4v) is 3.74. The first-order valence-electron chi connectivity index (χ1n) is 5.70. The number of nitrogens with zero attached hydrogens (tertiary/aromatic N) is 1. The fraction of sp³-hybridized carbons (Fsp3) is 0.455. The molecular formula is C11H15N3O3S. The molecule has 18 heavy (non-hydrogen) atoms. The predicted molar refractivity (Wildman–Crippen MR) is 68.0 cm³/mol. The fourth-order valence-electron chi connectivity index (χ4n) is 1.88. The first kappa shape index (κ1) is 12.8. The van der Waals surface area contributed by atoms with Crippen LogP contribution in [0.4, 0.5) is 10.5 Å². The molecule has 2 heterocycles. The molecule has 1 atom stereocenters. The molecule has 1 aromatic heterocycles. The van der Waals surface area contributed by atoms with Gasteiger partial charge in [0.25, 0.3) is 0 Å². The van der Waals surface area contributed by atoms with Crippen LogP contribution in [0.3, 0.4) is 0 Å². The minimum Gasteiger partial charge on any atom is -0.338 e. The highest BCUT2D eigenvalue weighted by Crippen LogP contribution is 2.17. The van der Waals surface area contributed by atoms with Crippen LogP contribution in [-0.4, -0.2) is 37.5 Å². The molecule has 0 saturated carbocycles. The molecular weight excluding hydrogens is 254 g/mol. The summed E-state index contributed by atoms with van der Waals surface area (Å²) in [5.41, 5.74) is 0.654. The van der Waals surface area contributed by atoms with E-state index in [1.165, 1.54) is 0 Å². The normalized spacial score (nSPS) is 21.4. The van der Waals surface area contributed by atoms with Crippen LogP contribution in [0.5, 0.6) is 0 Å². The van der Waals surface area contributed by atoms with Crippen molar-refractivity contribution in [3.8, 4) is 0 Å². The maximum Gasteiger partial charge on any atom is 0.319 e. The van der Waals surface area contributed by atoms with Gasteiger partial charge in [0.05, 0.1) is 11.5 Å². The van der Waals surface area contributed by atoms with Crippen molar-refractivity contribution in [1.29, 1.82) is 0 Å². The Kier molecular flexibility index (Phi) is 3.81. The van der Waals surface area contributed by atoms with E-state index in [9.17, 15) is 13.2 Å². The van der Waals surface area contributed by atoms with Crippen molar-refractivity contribution in [3.05, 3.63) is 24.5 Å². The summed E-state index contributed by atoms with van der Waals surface area (Å²) in [6.45, 7) is 0.385. The van der Waals surface area contributed by atoms with E-state index in [4.69, 9.17) is 0 Å². The van der Waals surface area contributed by atoms with E-state index in [0.29, 0.717) is 18.7 Å². The van der Waals surface area contributed by atoms with Crippen LogP contribution in [0.15, 0.2) is 24.5 Å². The Morgan fingerprint density at radius 2 is 2.11 bits per heavy atom. The number of hydrogen-bond donors (Lipinski definition) is 2. The third-order valence-electron chi connectivity index (χ3n) is 2.82. The number of hydrogen-bond acceptors (Lipinski definition) is 4. The van der Waals surface area contributed by atoms with Crippen LogP contribution in [-0.2, 0) is 9.84 Å². The van der Waals surface area contributed by atoms with Gasteiger partial charge in [-0.2, -0.15) is 0 Å². The molecule has 98 valence electrons. The molecule has 1 unspecified atom stereocenters. The maximum atomic E-state index is 11.5. The monoisotopic (exact) mass is 269 g/mol. The van der Waals surface area contributed by atoms with E-state index in [0.717, 1.165) is 0 Å². The van der Waals surface area contributed by atoms with Crippen LogP contribution >= 0.6 is 0 Å². The number of urea groups is 1. The smallest absolute Gasteiger partial charge is 0.319 e. The Hall–Kier alpha value is -1.63. The largest absolute Gasteiger partial charge is 0.338 e. The van der Waals surface area contributed by atoms with Crippen molar-refractivity contribution in [1.82, 2.24) is 10.3 Å². The first-order valence-corrected chi connectivity index (χ1v) is 7.52. The maximum absolute atomic E-state index is 11.5.